The van der Waals surface area contributed by atoms with Crippen LogP contribution in [0.3, 0.4) is 0 Å². The highest BCUT2D eigenvalue weighted by Gasteiger charge is 2.38. The highest BCUT2D eigenvalue weighted by atomic mass is 16.2. The van der Waals surface area contributed by atoms with Gasteiger partial charge in [-0.15, -0.1) is 0 Å². The van der Waals surface area contributed by atoms with E-state index in [0.29, 0.717) is 5.71 Å². The smallest absolute Gasteiger partial charge is 0.279 e. The van der Waals surface area contributed by atoms with Crippen molar-refractivity contribution in [1.82, 2.24) is 0 Å². The lowest BCUT2D eigenvalue weighted by Crippen LogP contribution is -2.28. The van der Waals surface area contributed by atoms with Gasteiger partial charge in [-0.2, -0.15) is 0 Å². The van der Waals surface area contributed by atoms with Crippen molar-refractivity contribution in [2.24, 2.45) is 4.99 Å². The summed E-state index contributed by atoms with van der Waals surface area (Å²) < 4.78 is 0. The average molecular weight is 330 g/mol. The molecule has 4 rings (SSSR count). The van der Waals surface area contributed by atoms with Crippen molar-refractivity contribution in [3.05, 3.63) is 70.9 Å². The summed E-state index contributed by atoms with van der Waals surface area (Å²) in [6.07, 6.45) is 4.14. The van der Waals surface area contributed by atoms with E-state index in [1.807, 2.05) is 41.3 Å². The Labute approximate surface area is 148 Å². The molecule has 0 unspecified atom stereocenters. The van der Waals surface area contributed by atoms with Crippen molar-refractivity contribution in [2.45, 2.75) is 39.5 Å². The number of carbonyl (C=O) groups is 1. The molecule has 0 N–H and O–H groups in total. The van der Waals surface area contributed by atoms with Crippen molar-refractivity contribution < 1.29 is 4.79 Å². The molecular weight excluding hydrogens is 308 g/mol. The third kappa shape index (κ3) is 2.91. The zero-order valence-electron chi connectivity index (χ0n) is 14.7. The summed E-state index contributed by atoms with van der Waals surface area (Å²) in [7, 11) is 0. The lowest BCUT2D eigenvalue weighted by atomic mass is 9.95. The third-order valence-electron chi connectivity index (χ3n) is 4.97. The van der Waals surface area contributed by atoms with Gasteiger partial charge < -0.3 is 0 Å². The summed E-state index contributed by atoms with van der Waals surface area (Å²) in [4.78, 5) is 19.8. The molecule has 0 atom stereocenters. The minimum Gasteiger partial charge on any atom is -0.279 e. The van der Waals surface area contributed by atoms with E-state index in [2.05, 4.69) is 26.0 Å². The SMILES string of the molecule is Cc1ccc(N=C2C(=O)N(c3ccc(C)cc3)C3=C2CCCC3)cc1. The molecule has 2 aliphatic rings. The van der Waals surface area contributed by atoms with Crippen molar-refractivity contribution >= 4 is 23.0 Å². The van der Waals surface area contributed by atoms with Crippen LogP contribution in [0.1, 0.15) is 36.8 Å². The summed E-state index contributed by atoms with van der Waals surface area (Å²) in [5.74, 6) is 0.0105. The minimum absolute atomic E-state index is 0.0105. The number of rotatable bonds is 2. The van der Waals surface area contributed by atoms with Crippen LogP contribution in [0, 0.1) is 13.8 Å². The highest BCUT2D eigenvalue weighted by Crippen LogP contribution is 2.38. The van der Waals surface area contributed by atoms with E-state index in [-0.39, 0.29) is 5.91 Å². The van der Waals surface area contributed by atoms with Crippen LogP contribution in [0.25, 0.3) is 0 Å². The second kappa shape index (κ2) is 6.32. The van der Waals surface area contributed by atoms with Gasteiger partial charge in [-0.25, -0.2) is 4.99 Å². The fourth-order valence-electron chi connectivity index (χ4n) is 3.58. The number of aliphatic imine (C=N–C) groups is 1. The Bertz CT molecular complexity index is 873. The summed E-state index contributed by atoms with van der Waals surface area (Å²) >= 11 is 0. The van der Waals surface area contributed by atoms with Crippen LogP contribution in [0.4, 0.5) is 11.4 Å². The Hall–Kier alpha value is -2.68. The van der Waals surface area contributed by atoms with E-state index in [4.69, 9.17) is 4.99 Å². The number of hydrogen-bond acceptors (Lipinski definition) is 2. The minimum atomic E-state index is 0.0105. The van der Waals surface area contributed by atoms with Gasteiger partial charge in [-0.1, -0.05) is 35.4 Å². The maximum Gasteiger partial charge on any atom is 0.281 e. The van der Waals surface area contributed by atoms with E-state index in [0.717, 1.165) is 48.3 Å². The molecule has 0 fully saturated rings. The van der Waals surface area contributed by atoms with Crippen molar-refractivity contribution in [1.29, 1.82) is 0 Å². The predicted octanol–water partition coefficient (Wildman–Crippen LogP) is 5.25. The normalized spacial score (nSPS) is 18.9. The lowest BCUT2D eigenvalue weighted by molar-refractivity contribution is -0.111. The van der Waals surface area contributed by atoms with Crippen molar-refractivity contribution in [3.63, 3.8) is 0 Å². The fourth-order valence-corrected chi connectivity index (χ4v) is 3.58. The largest absolute Gasteiger partial charge is 0.281 e. The van der Waals surface area contributed by atoms with Crippen molar-refractivity contribution in [2.75, 3.05) is 4.90 Å². The van der Waals surface area contributed by atoms with E-state index in [1.165, 1.54) is 11.1 Å². The van der Waals surface area contributed by atoms with E-state index >= 15 is 0 Å². The first kappa shape index (κ1) is 15.8. The molecule has 1 aliphatic heterocycles. The molecule has 0 saturated heterocycles. The highest BCUT2D eigenvalue weighted by molar-refractivity contribution is 6.53. The first-order chi connectivity index (χ1) is 12.1. The second-order valence-electron chi connectivity index (χ2n) is 6.90. The number of benzene rings is 2. The summed E-state index contributed by atoms with van der Waals surface area (Å²) in [6.45, 7) is 4.11. The molecule has 2 aromatic carbocycles. The molecule has 126 valence electrons. The molecule has 0 saturated carbocycles. The topological polar surface area (TPSA) is 32.7 Å². The number of anilines is 1. The monoisotopic (exact) mass is 330 g/mol. The maximum absolute atomic E-state index is 13.2. The second-order valence-corrected chi connectivity index (χ2v) is 6.90. The Morgan fingerprint density at radius 1 is 0.840 bits per heavy atom. The van der Waals surface area contributed by atoms with Gasteiger partial charge >= 0.3 is 0 Å². The Balaban J connectivity index is 1.78. The van der Waals surface area contributed by atoms with Crippen LogP contribution in [-0.4, -0.2) is 11.6 Å². The molecule has 3 nitrogen and oxygen atoms in total. The third-order valence-corrected chi connectivity index (χ3v) is 4.97. The number of aryl methyl sites for hydroxylation is 2. The van der Waals surface area contributed by atoms with Crippen LogP contribution in [-0.2, 0) is 4.79 Å². The number of amides is 1. The van der Waals surface area contributed by atoms with E-state index in [1.54, 1.807) is 0 Å². The first-order valence-electron chi connectivity index (χ1n) is 8.92. The van der Waals surface area contributed by atoms with Gasteiger partial charge in [-0.05, 0) is 63.8 Å². The summed E-state index contributed by atoms with van der Waals surface area (Å²) in [5, 5.41) is 0. The van der Waals surface area contributed by atoms with Crippen molar-refractivity contribution in [3.8, 4) is 0 Å². The van der Waals surface area contributed by atoms with E-state index < -0.39 is 0 Å². The number of hydrogen-bond donors (Lipinski definition) is 0. The van der Waals surface area contributed by atoms with Gasteiger partial charge in [0.2, 0.25) is 0 Å². The zero-order chi connectivity index (χ0) is 17.4. The van der Waals surface area contributed by atoms with Crippen LogP contribution in [0.15, 0.2) is 64.8 Å². The van der Waals surface area contributed by atoms with Gasteiger partial charge in [0.05, 0.1) is 5.69 Å². The predicted molar refractivity (Wildman–Crippen MR) is 102 cm³/mol. The van der Waals surface area contributed by atoms with Gasteiger partial charge in [0.25, 0.3) is 5.91 Å². The Morgan fingerprint density at radius 2 is 1.44 bits per heavy atom. The number of allylic oxidation sites excluding steroid dienone is 1. The average Bonchev–Trinajstić information content (AvgIpc) is 2.90. The summed E-state index contributed by atoms with van der Waals surface area (Å²) in [6, 6.07) is 16.2. The fraction of sp³-hybridized carbons (Fsp3) is 0.273. The Kier molecular flexibility index (Phi) is 4.00. The Morgan fingerprint density at radius 3 is 2.12 bits per heavy atom. The van der Waals surface area contributed by atoms with Crippen LogP contribution in [0.5, 0.6) is 0 Å². The molecule has 0 spiro atoms. The molecule has 0 bridgehead atoms. The molecule has 0 radical (unpaired) electrons. The zero-order valence-corrected chi connectivity index (χ0v) is 14.7. The molecule has 25 heavy (non-hydrogen) atoms. The first-order valence-corrected chi connectivity index (χ1v) is 8.92. The van der Waals surface area contributed by atoms with Gasteiger partial charge in [0, 0.05) is 17.0 Å². The van der Waals surface area contributed by atoms with Crippen LogP contribution in [0.2, 0.25) is 0 Å². The van der Waals surface area contributed by atoms with Crippen LogP contribution >= 0.6 is 0 Å². The number of carbonyl (C=O) groups excluding carboxylic acids is 1. The molecule has 1 heterocycles. The number of nitrogens with zero attached hydrogens (tertiary/aromatic N) is 2. The molecule has 3 heteroatoms. The molecular formula is C22H22N2O. The summed E-state index contributed by atoms with van der Waals surface area (Å²) in [5.41, 5.74) is 7.08. The van der Waals surface area contributed by atoms with Crippen LogP contribution < -0.4 is 4.90 Å². The standard InChI is InChI=1S/C22H22N2O/c1-15-7-11-17(12-8-15)23-21-19-5-3-4-6-20(19)24(22(21)25)18-13-9-16(2)10-14-18/h7-14H,3-6H2,1-2H3. The van der Waals surface area contributed by atoms with E-state index in [9.17, 15) is 4.79 Å². The lowest BCUT2D eigenvalue weighted by Gasteiger charge is -2.22. The molecule has 0 aromatic heterocycles. The molecule has 1 amide bonds. The van der Waals surface area contributed by atoms with Gasteiger partial charge in [0.1, 0.15) is 5.71 Å². The quantitative estimate of drug-likeness (QED) is 0.740. The van der Waals surface area contributed by atoms with Gasteiger partial charge in [-0.3, -0.25) is 9.69 Å². The maximum atomic E-state index is 13.2. The molecule has 2 aromatic rings. The van der Waals surface area contributed by atoms with Gasteiger partial charge in [0.15, 0.2) is 0 Å². The molecule has 1 aliphatic carbocycles.